The van der Waals surface area contributed by atoms with Crippen LogP contribution in [0.1, 0.15) is 49.1 Å². The summed E-state index contributed by atoms with van der Waals surface area (Å²) in [5.74, 6) is 1.37. The maximum Gasteiger partial charge on any atom is 0.225 e. The molecule has 0 spiro atoms. The summed E-state index contributed by atoms with van der Waals surface area (Å²) in [6.07, 6.45) is 5.47. The van der Waals surface area contributed by atoms with Crippen molar-refractivity contribution >= 4 is 35.8 Å². The summed E-state index contributed by atoms with van der Waals surface area (Å²) in [5, 5.41) is 11.6. The van der Waals surface area contributed by atoms with Gasteiger partial charge in [-0.15, -0.1) is 24.0 Å². The molecule has 0 bridgehead atoms. The zero-order valence-corrected chi connectivity index (χ0v) is 21.6. The fourth-order valence-electron chi connectivity index (χ4n) is 4.82. The van der Waals surface area contributed by atoms with Crippen LogP contribution in [0.25, 0.3) is 5.69 Å². The second-order valence-corrected chi connectivity index (χ2v) is 8.79. The van der Waals surface area contributed by atoms with Crippen LogP contribution in [0.2, 0.25) is 0 Å². The number of aliphatic imine (C=N–C) groups is 1. The molecule has 1 saturated heterocycles. The van der Waals surface area contributed by atoms with Crippen molar-refractivity contribution in [3.8, 4) is 5.69 Å². The molecule has 2 aliphatic rings. The van der Waals surface area contributed by atoms with E-state index in [1.165, 1.54) is 12.8 Å². The van der Waals surface area contributed by atoms with E-state index in [0.29, 0.717) is 12.5 Å². The minimum Gasteiger partial charge on any atom is -0.352 e. The molecule has 1 aliphatic heterocycles. The molecule has 1 aromatic carbocycles. The maximum absolute atomic E-state index is 12.7. The first-order valence-corrected chi connectivity index (χ1v) is 11.4. The second kappa shape index (κ2) is 11.2. The maximum atomic E-state index is 12.7. The third kappa shape index (κ3) is 5.63. The molecule has 1 aliphatic carbocycles. The Kier molecular flexibility index (Phi) is 8.56. The van der Waals surface area contributed by atoms with Crippen molar-refractivity contribution in [1.82, 2.24) is 25.3 Å². The molecule has 7 nitrogen and oxygen atoms in total. The fraction of sp³-hybridized carbons (Fsp3) is 0.542. The van der Waals surface area contributed by atoms with E-state index in [4.69, 9.17) is 0 Å². The summed E-state index contributed by atoms with van der Waals surface area (Å²) in [7, 11) is 1.79. The van der Waals surface area contributed by atoms with Crippen molar-refractivity contribution in [2.45, 2.75) is 58.5 Å². The zero-order chi connectivity index (χ0) is 21.8. The third-order valence-electron chi connectivity index (χ3n) is 6.44. The van der Waals surface area contributed by atoms with Gasteiger partial charge in [0.15, 0.2) is 5.96 Å². The summed E-state index contributed by atoms with van der Waals surface area (Å²) in [6.45, 7) is 6.33. The predicted octanol–water partition coefficient (Wildman–Crippen LogP) is 3.56. The molecule has 2 aromatic rings. The topological polar surface area (TPSA) is 74.6 Å². The molecule has 1 atom stereocenters. The first-order valence-electron chi connectivity index (χ1n) is 11.4. The van der Waals surface area contributed by atoms with Crippen LogP contribution in [-0.4, -0.2) is 52.7 Å². The summed E-state index contributed by atoms with van der Waals surface area (Å²) >= 11 is 0. The van der Waals surface area contributed by atoms with Gasteiger partial charge in [-0.1, -0.05) is 31.0 Å². The number of hydrogen-bond donors (Lipinski definition) is 2. The van der Waals surface area contributed by atoms with E-state index in [1.54, 1.807) is 7.05 Å². The lowest BCUT2D eigenvalue weighted by atomic mass is 10.1. The number of guanidine groups is 1. The van der Waals surface area contributed by atoms with Gasteiger partial charge in [-0.05, 0) is 50.8 Å². The second-order valence-electron chi connectivity index (χ2n) is 8.79. The molecule has 4 rings (SSSR count). The van der Waals surface area contributed by atoms with Gasteiger partial charge >= 0.3 is 0 Å². The Bertz CT molecular complexity index is 950. The Balaban J connectivity index is 0.00000289. The Hall–Kier alpha value is -2.10. The van der Waals surface area contributed by atoms with Gasteiger partial charge in [0.25, 0.3) is 0 Å². The number of aromatic nitrogens is 2. The molecule has 1 unspecified atom stereocenters. The summed E-state index contributed by atoms with van der Waals surface area (Å²) in [6, 6.07) is 10.6. The van der Waals surface area contributed by atoms with Crippen molar-refractivity contribution in [1.29, 1.82) is 0 Å². The Morgan fingerprint density at radius 3 is 2.62 bits per heavy atom. The van der Waals surface area contributed by atoms with Crippen molar-refractivity contribution in [3.63, 3.8) is 0 Å². The van der Waals surface area contributed by atoms with Crippen LogP contribution < -0.4 is 10.6 Å². The monoisotopic (exact) mass is 550 g/mol. The molecule has 2 heterocycles. The van der Waals surface area contributed by atoms with Gasteiger partial charge in [-0.2, -0.15) is 5.10 Å². The normalized spacial score (nSPS) is 19.2. The van der Waals surface area contributed by atoms with E-state index in [9.17, 15) is 4.79 Å². The van der Waals surface area contributed by atoms with Crippen LogP contribution in [0.3, 0.4) is 0 Å². The van der Waals surface area contributed by atoms with Crippen LogP contribution in [0, 0.1) is 19.8 Å². The number of rotatable bonds is 5. The molecule has 1 aromatic heterocycles. The number of nitrogens with one attached hydrogen (secondary N) is 2. The Morgan fingerprint density at radius 2 is 1.94 bits per heavy atom. The van der Waals surface area contributed by atoms with Crippen molar-refractivity contribution in [3.05, 3.63) is 47.3 Å². The van der Waals surface area contributed by atoms with E-state index in [-0.39, 0.29) is 35.9 Å². The largest absolute Gasteiger partial charge is 0.352 e. The van der Waals surface area contributed by atoms with Gasteiger partial charge in [0.05, 0.1) is 11.4 Å². The van der Waals surface area contributed by atoms with E-state index < -0.39 is 0 Å². The predicted molar refractivity (Wildman–Crippen MR) is 139 cm³/mol. The number of benzene rings is 1. The number of halogens is 1. The summed E-state index contributed by atoms with van der Waals surface area (Å²) < 4.78 is 1.99. The van der Waals surface area contributed by atoms with E-state index in [2.05, 4.69) is 45.8 Å². The molecule has 0 radical (unpaired) electrons. The number of hydrogen-bond acceptors (Lipinski definition) is 3. The van der Waals surface area contributed by atoms with Crippen LogP contribution in [0.15, 0.2) is 35.3 Å². The first kappa shape index (κ1) is 24.5. The molecule has 174 valence electrons. The Morgan fingerprint density at radius 1 is 1.19 bits per heavy atom. The quantitative estimate of drug-likeness (QED) is 0.339. The average molecular weight is 550 g/mol. The SMILES string of the molecule is CN=C(NCc1ccccc1-n1nc(C)cc1C)NC1CCN(C(=O)C2CCCC2)C1.I. The number of likely N-dealkylation sites (tertiary alicyclic amines) is 1. The number of aryl methyl sites for hydroxylation is 2. The van der Waals surface area contributed by atoms with Crippen molar-refractivity contribution in [2.75, 3.05) is 20.1 Å². The van der Waals surface area contributed by atoms with Crippen LogP contribution in [0.4, 0.5) is 0 Å². The molecule has 1 saturated carbocycles. The average Bonchev–Trinajstić information content (AvgIpc) is 3.52. The van der Waals surface area contributed by atoms with Gasteiger partial charge in [0.2, 0.25) is 5.91 Å². The lowest BCUT2D eigenvalue weighted by Gasteiger charge is -2.21. The number of para-hydroxylation sites is 1. The van der Waals surface area contributed by atoms with Gasteiger partial charge < -0.3 is 15.5 Å². The molecule has 1 amide bonds. The number of carbonyl (C=O) groups excluding carboxylic acids is 1. The standard InChI is InChI=1S/C24H34N6O.HI/c1-17-14-18(2)30(28-17)22-11-7-6-10-20(22)15-26-24(25-3)27-21-12-13-29(16-21)23(31)19-8-4-5-9-19;/h6-7,10-11,14,19,21H,4-5,8-9,12-13,15-16H2,1-3H3,(H2,25,26,27);1H. The van der Waals surface area contributed by atoms with Gasteiger partial charge in [-0.3, -0.25) is 9.79 Å². The highest BCUT2D eigenvalue weighted by Crippen LogP contribution is 2.27. The fourth-order valence-corrected chi connectivity index (χ4v) is 4.82. The molecule has 2 N–H and O–H groups in total. The lowest BCUT2D eigenvalue weighted by Crippen LogP contribution is -2.45. The minimum absolute atomic E-state index is 0. The molecule has 2 fully saturated rings. The minimum atomic E-state index is 0. The van der Waals surface area contributed by atoms with E-state index in [1.807, 2.05) is 28.6 Å². The number of carbonyl (C=O) groups is 1. The highest BCUT2D eigenvalue weighted by Gasteiger charge is 2.32. The third-order valence-corrected chi connectivity index (χ3v) is 6.44. The van der Waals surface area contributed by atoms with Crippen LogP contribution >= 0.6 is 24.0 Å². The van der Waals surface area contributed by atoms with E-state index in [0.717, 1.165) is 61.0 Å². The summed E-state index contributed by atoms with van der Waals surface area (Å²) in [5.41, 5.74) is 4.35. The Labute approximate surface area is 208 Å². The van der Waals surface area contributed by atoms with Crippen molar-refractivity contribution < 1.29 is 4.79 Å². The van der Waals surface area contributed by atoms with Crippen LogP contribution in [-0.2, 0) is 11.3 Å². The van der Waals surface area contributed by atoms with Gasteiger partial charge in [-0.25, -0.2) is 4.68 Å². The van der Waals surface area contributed by atoms with Crippen LogP contribution in [0.5, 0.6) is 0 Å². The smallest absolute Gasteiger partial charge is 0.225 e. The summed E-state index contributed by atoms with van der Waals surface area (Å²) in [4.78, 5) is 19.2. The molecular weight excluding hydrogens is 515 g/mol. The van der Waals surface area contributed by atoms with Gasteiger partial charge in [0, 0.05) is 44.3 Å². The lowest BCUT2D eigenvalue weighted by molar-refractivity contribution is -0.134. The zero-order valence-electron chi connectivity index (χ0n) is 19.3. The molecular formula is C24H35IN6O. The molecule has 32 heavy (non-hydrogen) atoms. The molecule has 8 heteroatoms. The highest BCUT2D eigenvalue weighted by atomic mass is 127. The number of amides is 1. The number of nitrogens with zero attached hydrogens (tertiary/aromatic N) is 4. The van der Waals surface area contributed by atoms with E-state index >= 15 is 0 Å². The first-order chi connectivity index (χ1) is 15.0. The van der Waals surface area contributed by atoms with Crippen molar-refractivity contribution in [2.24, 2.45) is 10.9 Å². The van der Waals surface area contributed by atoms with Gasteiger partial charge in [0.1, 0.15) is 0 Å². The highest BCUT2D eigenvalue weighted by molar-refractivity contribution is 14.0.